The Morgan fingerprint density at radius 3 is 2.41 bits per heavy atom. The molecular weight excluding hydrogens is 230 g/mol. The van der Waals surface area contributed by atoms with Gasteiger partial charge in [-0.3, -0.25) is 4.68 Å². The third kappa shape index (κ3) is 3.03. The summed E-state index contributed by atoms with van der Waals surface area (Å²) < 4.78 is 1.98. The molecule has 2 aromatic rings. The van der Waals surface area contributed by atoms with E-state index >= 15 is 0 Å². The van der Waals surface area contributed by atoms with Crippen LogP contribution in [0.4, 0.5) is 5.69 Å². The Labute approximate surface area is 106 Å². The van der Waals surface area contributed by atoms with Crippen LogP contribution in [0.3, 0.4) is 0 Å². The van der Waals surface area contributed by atoms with Crippen molar-refractivity contribution in [1.29, 1.82) is 0 Å². The van der Waals surface area contributed by atoms with Gasteiger partial charge in [-0.05, 0) is 38.1 Å². The summed E-state index contributed by atoms with van der Waals surface area (Å²) in [4.78, 5) is 2.41. The van der Waals surface area contributed by atoms with E-state index in [1.54, 1.807) is 11.8 Å². The molecule has 1 aromatic carbocycles. The molecule has 0 atom stereocenters. The smallest absolute Gasteiger partial charge is 0.0629 e. The molecule has 1 N–H and O–H groups in total. The lowest BCUT2D eigenvalue weighted by Gasteiger charge is -2.03. The molecule has 17 heavy (non-hydrogen) atoms. The highest BCUT2D eigenvalue weighted by Gasteiger charge is 2.03. The van der Waals surface area contributed by atoms with Crippen LogP contribution in [0.15, 0.2) is 46.5 Å². The summed E-state index contributed by atoms with van der Waals surface area (Å²) in [6.07, 6.45) is 4.00. The standard InChI is InChI=1S/C13H17N3S/c1-10(2)16-9-13(8-15-16)17-12-6-4-11(14-3)5-7-12/h4-10,14H,1-3H3. The van der Waals surface area contributed by atoms with Crippen LogP contribution >= 0.6 is 11.8 Å². The van der Waals surface area contributed by atoms with Crippen LogP contribution in [0, 0.1) is 0 Å². The molecule has 3 nitrogen and oxygen atoms in total. The van der Waals surface area contributed by atoms with E-state index in [-0.39, 0.29) is 0 Å². The Morgan fingerprint density at radius 1 is 1.18 bits per heavy atom. The quantitative estimate of drug-likeness (QED) is 0.894. The molecular formula is C13H17N3S. The molecule has 0 aliphatic carbocycles. The summed E-state index contributed by atoms with van der Waals surface area (Å²) in [5, 5.41) is 7.44. The van der Waals surface area contributed by atoms with Gasteiger partial charge in [0.25, 0.3) is 0 Å². The minimum Gasteiger partial charge on any atom is -0.388 e. The highest BCUT2D eigenvalue weighted by atomic mass is 32.2. The number of hydrogen-bond donors (Lipinski definition) is 1. The number of hydrogen-bond acceptors (Lipinski definition) is 3. The second-order valence-corrected chi connectivity index (χ2v) is 5.27. The van der Waals surface area contributed by atoms with Crippen molar-refractivity contribution in [3.05, 3.63) is 36.7 Å². The van der Waals surface area contributed by atoms with Gasteiger partial charge in [-0.2, -0.15) is 5.10 Å². The number of nitrogens with one attached hydrogen (secondary N) is 1. The normalized spacial score (nSPS) is 10.8. The Hall–Kier alpha value is -1.42. The molecule has 0 fully saturated rings. The second-order valence-electron chi connectivity index (χ2n) is 4.13. The summed E-state index contributed by atoms with van der Waals surface area (Å²) in [7, 11) is 1.93. The predicted molar refractivity (Wildman–Crippen MR) is 72.7 cm³/mol. The molecule has 0 spiro atoms. The molecule has 0 aliphatic heterocycles. The van der Waals surface area contributed by atoms with Crippen LogP contribution in [-0.4, -0.2) is 16.8 Å². The van der Waals surface area contributed by atoms with Crippen LogP contribution in [0.5, 0.6) is 0 Å². The van der Waals surface area contributed by atoms with Gasteiger partial charge in [0.1, 0.15) is 0 Å². The molecule has 0 unspecified atom stereocenters. The maximum Gasteiger partial charge on any atom is 0.0629 e. The number of anilines is 1. The predicted octanol–water partition coefficient (Wildman–Crippen LogP) is 3.66. The molecule has 0 amide bonds. The summed E-state index contributed by atoms with van der Waals surface area (Å²) in [5.74, 6) is 0. The van der Waals surface area contributed by atoms with E-state index in [2.05, 4.69) is 54.7 Å². The van der Waals surface area contributed by atoms with E-state index < -0.39 is 0 Å². The van der Waals surface area contributed by atoms with Crippen LogP contribution in [-0.2, 0) is 0 Å². The zero-order chi connectivity index (χ0) is 12.3. The average molecular weight is 247 g/mol. The maximum atomic E-state index is 4.33. The summed E-state index contributed by atoms with van der Waals surface area (Å²) >= 11 is 1.73. The fraction of sp³-hybridized carbons (Fsp3) is 0.308. The van der Waals surface area contributed by atoms with Crippen molar-refractivity contribution < 1.29 is 0 Å². The van der Waals surface area contributed by atoms with E-state index in [9.17, 15) is 0 Å². The summed E-state index contributed by atoms with van der Waals surface area (Å²) in [6.45, 7) is 4.26. The lowest BCUT2D eigenvalue weighted by molar-refractivity contribution is 0.531. The largest absolute Gasteiger partial charge is 0.388 e. The van der Waals surface area contributed by atoms with Gasteiger partial charge in [0.2, 0.25) is 0 Å². The average Bonchev–Trinajstić information content (AvgIpc) is 2.79. The lowest BCUT2D eigenvalue weighted by Crippen LogP contribution is -1.99. The van der Waals surface area contributed by atoms with Gasteiger partial charge in [-0.25, -0.2) is 0 Å². The van der Waals surface area contributed by atoms with E-state index in [1.807, 2.05) is 17.9 Å². The first-order valence-electron chi connectivity index (χ1n) is 5.69. The topological polar surface area (TPSA) is 29.9 Å². The Balaban J connectivity index is 2.08. The maximum absolute atomic E-state index is 4.33. The zero-order valence-electron chi connectivity index (χ0n) is 10.3. The third-order valence-electron chi connectivity index (χ3n) is 2.49. The molecule has 0 aliphatic rings. The van der Waals surface area contributed by atoms with Crippen molar-refractivity contribution in [3.63, 3.8) is 0 Å². The van der Waals surface area contributed by atoms with Crippen molar-refractivity contribution >= 4 is 17.4 Å². The minimum atomic E-state index is 0.413. The highest BCUT2D eigenvalue weighted by molar-refractivity contribution is 7.99. The molecule has 0 bridgehead atoms. The van der Waals surface area contributed by atoms with Crippen molar-refractivity contribution in [2.75, 3.05) is 12.4 Å². The van der Waals surface area contributed by atoms with E-state index in [0.717, 1.165) is 5.69 Å². The molecule has 0 saturated carbocycles. The molecule has 2 rings (SSSR count). The van der Waals surface area contributed by atoms with Crippen molar-refractivity contribution in [2.45, 2.75) is 29.7 Å². The Morgan fingerprint density at radius 2 is 1.88 bits per heavy atom. The third-order valence-corrected chi connectivity index (χ3v) is 3.44. The Bertz CT molecular complexity index is 474. The SMILES string of the molecule is CNc1ccc(Sc2cnn(C(C)C)c2)cc1. The lowest BCUT2D eigenvalue weighted by atomic mass is 10.3. The molecule has 1 heterocycles. The van der Waals surface area contributed by atoms with Gasteiger partial charge >= 0.3 is 0 Å². The van der Waals surface area contributed by atoms with Gasteiger partial charge in [-0.1, -0.05) is 11.8 Å². The zero-order valence-corrected chi connectivity index (χ0v) is 11.2. The monoisotopic (exact) mass is 247 g/mol. The number of rotatable bonds is 4. The van der Waals surface area contributed by atoms with Crippen molar-refractivity contribution in [2.24, 2.45) is 0 Å². The van der Waals surface area contributed by atoms with Crippen LogP contribution in [0.2, 0.25) is 0 Å². The van der Waals surface area contributed by atoms with E-state index in [4.69, 9.17) is 0 Å². The van der Waals surface area contributed by atoms with E-state index in [1.165, 1.54) is 9.79 Å². The van der Waals surface area contributed by atoms with Crippen molar-refractivity contribution in [1.82, 2.24) is 9.78 Å². The first-order chi connectivity index (χ1) is 8.19. The number of aromatic nitrogens is 2. The first kappa shape index (κ1) is 12.0. The summed E-state index contributed by atoms with van der Waals surface area (Å²) in [5.41, 5.74) is 1.13. The van der Waals surface area contributed by atoms with Gasteiger partial charge < -0.3 is 5.32 Å². The van der Waals surface area contributed by atoms with Crippen LogP contribution in [0.25, 0.3) is 0 Å². The number of nitrogens with zero attached hydrogens (tertiary/aromatic N) is 2. The fourth-order valence-electron chi connectivity index (χ4n) is 1.48. The van der Waals surface area contributed by atoms with Gasteiger partial charge in [0, 0.05) is 29.9 Å². The summed E-state index contributed by atoms with van der Waals surface area (Å²) in [6, 6.07) is 8.80. The van der Waals surface area contributed by atoms with Crippen LogP contribution < -0.4 is 5.32 Å². The first-order valence-corrected chi connectivity index (χ1v) is 6.50. The van der Waals surface area contributed by atoms with Gasteiger partial charge in [0.05, 0.1) is 11.1 Å². The molecule has 0 saturated heterocycles. The molecule has 90 valence electrons. The number of benzene rings is 1. The molecule has 1 aromatic heterocycles. The van der Waals surface area contributed by atoms with E-state index in [0.29, 0.717) is 6.04 Å². The second kappa shape index (κ2) is 5.27. The Kier molecular flexibility index (Phi) is 3.74. The van der Waals surface area contributed by atoms with Crippen LogP contribution in [0.1, 0.15) is 19.9 Å². The van der Waals surface area contributed by atoms with Crippen molar-refractivity contribution in [3.8, 4) is 0 Å². The highest BCUT2D eigenvalue weighted by Crippen LogP contribution is 2.28. The van der Waals surface area contributed by atoms with Gasteiger partial charge in [-0.15, -0.1) is 0 Å². The fourth-order valence-corrected chi connectivity index (χ4v) is 2.29. The molecule has 0 radical (unpaired) electrons. The van der Waals surface area contributed by atoms with Gasteiger partial charge in [0.15, 0.2) is 0 Å². The molecule has 4 heteroatoms. The minimum absolute atomic E-state index is 0.413.